The fraction of sp³-hybridized carbons (Fsp3) is 0.263. The molecule has 1 N–H and O–H groups in total. The number of hydrogen-bond donors (Lipinski definition) is 1. The average Bonchev–Trinajstić information content (AvgIpc) is 3.35. The van der Waals surface area contributed by atoms with Gasteiger partial charge in [-0.1, -0.05) is 23.7 Å². The molecule has 2 aromatic carbocycles. The van der Waals surface area contributed by atoms with E-state index in [1.54, 1.807) is 0 Å². The van der Waals surface area contributed by atoms with Crippen LogP contribution in [0.1, 0.15) is 28.8 Å². The summed E-state index contributed by atoms with van der Waals surface area (Å²) in [7, 11) is 0. The van der Waals surface area contributed by atoms with Crippen LogP contribution in [0.3, 0.4) is 0 Å². The summed E-state index contributed by atoms with van der Waals surface area (Å²) < 4.78 is 2.07. The van der Waals surface area contributed by atoms with Crippen LogP contribution in [0.4, 0.5) is 0 Å². The molecule has 0 bridgehead atoms. The Balaban J connectivity index is 1.53. The molecule has 0 unspecified atom stereocenters. The van der Waals surface area contributed by atoms with E-state index in [1.807, 2.05) is 48.8 Å². The molecule has 1 saturated carbocycles. The first-order valence-electron chi connectivity index (χ1n) is 8.16. The summed E-state index contributed by atoms with van der Waals surface area (Å²) in [6.07, 6.45) is 4.27. The van der Waals surface area contributed by atoms with Crippen LogP contribution in [0.25, 0.3) is 11.0 Å². The minimum atomic E-state index is -0.0175. The Morgan fingerprint density at radius 2 is 2.00 bits per heavy atom. The number of halogens is 1. The molecule has 1 amide bonds. The minimum Gasteiger partial charge on any atom is -0.352 e. The number of aromatic nitrogens is 2. The average molecular weight is 340 g/mol. The zero-order chi connectivity index (χ0) is 16.5. The highest BCUT2D eigenvalue weighted by molar-refractivity contribution is 6.30. The van der Waals surface area contributed by atoms with Crippen LogP contribution >= 0.6 is 11.6 Å². The van der Waals surface area contributed by atoms with Gasteiger partial charge in [-0.15, -0.1) is 0 Å². The standard InChI is InChI=1S/C19H18ClN3O/c20-16-6-3-14(4-7-16)11-23-12-22-17-9-15(5-8-18(17)23)19(24)21-10-13-1-2-13/h3-9,12-13H,1-2,10-11H2,(H,21,24). The Morgan fingerprint density at radius 3 is 2.75 bits per heavy atom. The lowest BCUT2D eigenvalue weighted by Gasteiger charge is -2.06. The molecule has 3 aromatic rings. The topological polar surface area (TPSA) is 46.9 Å². The number of carbonyl (C=O) groups is 1. The molecule has 4 nitrogen and oxygen atoms in total. The van der Waals surface area contributed by atoms with Crippen LogP contribution in [0, 0.1) is 5.92 Å². The monoisotopic (exact) mass is 339 g/mol. The lowest BCUT2D eigenvalue weighted by molar-refractivity contribution is 0.0952. The van der Waals surface area contributed by atoms with E-state index in [9.17, 15) is 4.79 Å². The molecule has 1 aromatic heterocycles. The molecule has 122 valence electrons. The van der Waals surface area contributed by atoms with Crippen molar-refractivity contribution in [1.82, 2.24) is 14.9 Å². The van der Waals surface area contributed by atoms with Gasteiger partial charge in [-0.2, -0.15) is 0 Å². The third-order valence-corrected chi connectivity index (χ3v) is 4.65. The summed E-state index contributed by atoms with van der Waals surface area (Å²) in [5.41, 5.74) is 3.68. The van der Waals surface area contributed by atoms with Crippen LogP contribution in [0.2, 0.25) is 5.02 Å². The van der Waals surface area contributed by atoms with Crippen molar-refractivity contribution in [2.45, 2.75) is 19.4 Å². The Bertz CT molecular complexity index is 881. The van der Waals surface area contributed by atoms with E-state index < -0.39 is 0 Å². The van der Waals surface area contributed by atoms with E-state index in [0.717, 1.165) is 34.7 Å². The maximum absolute atomic E-state index is 12.2. The van der Waals surface area contributed by atoms with Gasteiger partial charge in [0.15, 0.2) is 0 Å². The molecule has 5 heteroatoms. The summed E-state index contributed by atoms with van der Waals surface area (Å²) >= 11 is 5.93. The molecular weight excluding hydrogens is 322 g/mol. The second-order valence-corrected chi connectivity index (χ2v) is 6.79. The molecule has 4 rings (SSSR count). The Morgan fingerprint density at radius 1 is 1.21 bits per heavy atom. The van der Waals surface area contributed by atoms with Crippen molar-refractivity contribution in [3.63, 3.8) is 0 Å². The van der Waals surface area contributed by atoms with Crippen LogP contribution in [0.15, 0.2) is 48.8 Å². The third-order valence-electron chi connectivity index (χ3n) is 4.40. The third kappa shape index (κ3) is 3.29. The van der Waals surface area contributed by atoms with Crippen molar-refractivity contribution in [2.75, 3.05) is 6.54 Å². The van der Waals surface area contributed by atoms with Gasteiger partial charge in [0.2, 0.25) is 0 Å². The van der Waals surface area contributed by atoms with Gasteiger partial charge in [-0.3, -0.25) is 4.79 Å². The summed E-state index contributed by atoms with van der Waals surface area (Å²) in [5, 5.41) is 3.72. The van der Waals surface area contributed by atoms with E-state index in [1.165, 1.54) is 12.8 Å². The number of hydrogen-bond acceptors (Lipinski definition) is 2. The first-order valence-corrected chi connectivity index (χ1v) is 8.54. The lowest BCUT2D eigenvalue weighted by Crippen LogP contribution is -2.25. The number of rotatable bonds is 5. The molecule has 0 atom stereocenters. The number of amides is 1. The highest BCUT2D eigenvalue weighted by Crippen LogP contribution is 2.27. The van der Waals surface area contributed by atoms with Gasteiger partial charge in [-0.05, 0) is 54.7 Å². The van der Waals surface area contributed by atoms with E-state index in [4.69, 9.17) is 11.6 Å². The van der Waals surface area contributed by atoms with Crippen LogP contribution in [-0.4, -0.2) is 22.0 Å². The molecule has 1 aliphatic carbocycles. The number of fused-ring (bicyclic) bond motifs is 1. The Hall–Kier alpha value is -2.33. The fourth-order valence-electron chi connectivity index (χ4n) is 2.78. The van der Waals surface area contributed by atoms with E-state index in [-0.39, 0.29) is 5.91 Å². The summed E-state index contributed by atoms with van der Waals surface area (Å²) in [6, 6.07) is 13.5. The Kier molecular flexibility index (Phi) is 3.98. The van der Waals surface area contributed by atoms with Gasteiger partial charge < -0.3 is 9.88 Å². The van der Waals surface area contributed by atoms with Gasteiger partial charge >= 0.3 is 0 Å². The van der Waals surface area contributed by atoms with Crippen molar-refractivity contribution in [1.29, 1.82) is 0 Å². The lowest BCUT2D eigenvalue weighted by atomic mass is 10.1. The number of nitrogens with zero attached hydrogens (tertiary/aromatic N) is 2. The molecule has 1 fully saturated rings. The van der Waals surface area contributed by atoms with E-state index >= 15 is 0 Å². The highest BCUT2D eigenvalue weighted by Gasteiger charge is 2.22. The van der Waals surface area contributed by atoms with Crippen LogP contribution in [-0.2, 0) is 6.54 Å². The van der Waals surface area contributed by atoms with E-state index in [0.29, 0.717) is 11.5 Å². The number of benzene rings is 2. The van der Waals surface area contributed by atoms with Crippen molar-refractivity contribution < 1.29 is 4.79 Å². The molecule has 0 spiro atoms. The maximum atomic E-state index is 12.2. The summed E-state index contributed by atoms with van der Waals surface area (Å²) in [5.74, 6) is 0.660. The second-order valence-electron chi connectivity index (χ2n) is 6.36. The van der Waals surface area contributed by atoms with Gasteiger partial charge in [0.05, 0.1) is 17.4 Å². The van der Waals surface area contributed by atoms with Crippen molar-refractivity contribution in [3.8, 4) is 0 Å². The van der Waals surface area contributed by atoms with Gasteiger partial charge in [0.25, 0.3) is 5.91 Å². The largest absolute Gasteiger partial charge is 0.352 e. The normalized spacial score (nSPS) is 14.0. The smallest absolute Gasteiger partial charge is 0.251 e. The zero-order valence-corrected chi connectivity index (χ0v) is 14.0. The van der Waals surface area contributed by atoms with Gasteiger partial charge in [0.1, 0.15) is 0 Å². The Labute approximate surface area is 145 Å². The number of imidazole rings is 1. The first-order chi connectivity index (χ1) is 11.7. The molecule has 0 aliphatic heterocycles. The molecule has 0 radical (unpaired) electrons. The van der Waals surface area contributed by atoms with Gasteiger partial charge in [-0.25, -0.2) is 4.98 Å². The SMILES string of the molecule is O=C(NCC1CC1)c1ccc2c(c1)ncn2Cc1ccc(Cl)cc1. The fourth-order valence-corrected chi connectivity index (χ4v) is 2.90. The first kappa shape index (κ1) is 15.2. The van der Waals surface area contributed by atoms with E-state index in [2.05, 4.69) is 14.9 Å². The number of carbonyl (C=O) groups excluding carboxylic acids is 1. The quantitative estimate of drug-likeness (QED) is 0.766. The predicted octanol–water partition coefficient (Wildman–Crippen LogP) is 3.88. The molecular formula is C19H18ClN3O. The molecule has 0 saturated heterocycles. The minimum absolute atomic E-state index is 0.0175. The predicted molar refractivity (Wildman–Crippen MR) is 95.3 cm³/mol. The molecule has 1 heterocycles. The van der Waals surface area contributed by atoms with Crippen molar-refractivity contribution in [2.24, 2.45) is 5.92 Å². The van der Waals surface area contributed by atoms with Gasteiger partial charge in [0, 0.05) is 23.7 Å². The molecule has 24 heavy (non-hydrogen) atoms. The van der Waals surface area contributed by atoms with Crippen LogP contribution < -0.4 is 5.32 Å². The zero-order valence-electron chi connectivity index (χ0n) is 13.2. The van der Waals surface area contributed by atoms with Crippen LogP contribution in [0.5, 0.6) is 0 Å². The summed E-state index contributed by atoms with van der Waals surface area (Å²) in [4.78, 5) is 16.6. The molecule has 1 aliphatic rings. The summed E-state index contributed by atoms with van der Waals surface area (Å²) in [6.45, 7) is 1.50. The van der Waals surface area contributed by atoms with Crippen molar-refractivity contribution >= 4 is 28.5 Å². The second kappa shape index (κ2) is 6.29. The maximum Gasteiger partial charge on any atom is 0.251 e. The highest BCUT2D eigenvalue weighted by atomic mass is 35.5. The number of nitrogens with one attached hydrogen (secondary N) is 1. The van der Waals surface area contributed by atoms with Crippen molar-refractivity contribution in [3.05, 3.63) is 64.9 Å².